The topological polar surface area (TPSA) is 81.1 Å². The number of rotatable bonds is 7. The van der Waals surface area contributed by atoms with Crippen LogP contribution in [0.25, 0.3) is 0 Å². The standard InChI is InChI=1S/C17H25N5O2/c1-12(2)15(16-13(3)6-5-8-18-16)20-17(23)19-14-7-9-22(21-14)10-11-24-4/h5-9,12,15H,10-11H2,1-4H3,(H2,19,20,21,23). The van der Waals surface area contributed by atoms with Crippen LogP contribution >= 0.6 is 0 Å². The Bertz CT molecular complexity index is 669. The molecule has 7 nitrogen and oxygen atoms in total. The van der Waals surface area contributed by atoms with E-state index in [0.717, 1.165) is 11.3 Å². The molecular formula is C17H25N5O2. The Morgan fingerprint density at radius 3 is 2.83 bits per heavy atom. The van der Waals surface area contributed by atoms with E-state index in [-0.39, 0.29) is 18.0 Å². The second-order valence-electron chi connectivity index (χ2n) is 5.98. The van der Waals surface area contributed by atoms with Gasteiger partial charge >= 0.3 is 6.03 Å². The molecule has 0 radical (unpaired) electrons. The van der Waals surface area contributed by atoms with Gasteiger partial charge in [0, 0.05) is 25.6 Å². The highest BCUT2D eigenvalue weighted by Gasteiger charge is 2.21. The molecule has 2 amide bonds. The predicted octanol–water partition coefficient (Wildman–Crippen LogP) is 2.75. The number of hydrogen-bond donors (Lipinski definition) is 2. The first-order valence-corrected chi connectivity index (χ1v) is 8.02. The van der Waals surface area contributed by atoms with Crippen LogP contribution in [-0.2, 0) is 11.3 Å². The molecule has 0 fully saturated rings. The van der Waals surface area contributed by atoms with Crippen molar-refractivity contribution < 1.29 is 9.53 Å². The molecule has 0 aliphatic carbocycles. The Morgan fingerprint density at radius 1 is 1.38 bits per heavy atom. The normalized spacial score (nSPS) is 12.2. The fourth-order valence-corrected chi connectivity index (χ4v) is 2.41. The SMILES string of the molecule is COCCn1ccc(NC(=O)NC(c2ncccc2C)C(C)C)n1. The molecule has 0 aromatic carbocycles. The summed E-state index contributed by atoms with van der Waals surface area (Å²) in [5.74, 6) is 0.715. The maximum absolute atomic E-state index is 12.3. The third kappa shape index (κ3) is 4.79. The molecule has 130 valence electrons. The Kier molecular flexibility index (Phi) is 6.31. The first-order valence-electron chi connectivity index (χ1n) is 8.02. The number of nitrogens with zero attached hydrogens (tertiary/aromatic N) is 3. The maximum Gasteiger partial charge on any atom is 0.320 e. The van der Waals surface area contributed by atoms with E-state index in [1.807, 2.05) is 19.1 Å². The average molecular weight is 331 g/mol. The summed E-state index contributed by atoms with van der Waals surface area (Å²) in [6, 6.07) is 5.18. The molecule has 2 aromatic rings. The predicted molar refractivity (Wildman–Crippen MR) is 92.8 cm³/mol. The van der Waals surface area contributed by atoms with E-state index in [0.29, 0.717) is 19.0 Å². The first-order chi connectivity index (χ1) is 11.5. The monoisotopic (exact) mass is 331 g/mol. The number of nitrogens with one attached hydrogen (secondary N) is 2. The smallest absolute Gasteiger partial charge is 0.320 e. The minimum absolute atomic E-state index is 0.165. The zero-order valence-electron chi connectivity index (χ0n) is 14.6. The fourth-order valence-electron chi connectivity index (χ4n) is 2.41. The van der Waals surface area contributed by atoms with Crippen LogP contribution in [0.1, 0.15) is 31.1 Å². The van der Waals surface area contributed by atoms with Gasteiger partial charge in [-0.25, -0.2) is 4.79 Å². The molecule has 2 rings (SSSR count). The third-order valence-corrected chi connectivity index (χ3v) is 3.70. The van der Waals surface area contributed by atoms with Gasteiger partial charge in [0.2, 0.25) is 0 Å². The molecular weight excluding hydrogens is 306 g/mol. The van der Waals surface area contributed by atoms with Crippen LogP contribution in [0.15, 0.2) is 30.6 Å². The van der Waals surface area contributed by atoms with Gasteiger partial charge < -0.3 is 10.1 Å². The summed E-state index contributed by atoms with van der Waals surface area (Å²) in [7, 11) is 1.64. The lowest BCUT2D eigenvalue weighted by molar-refractivity contribution is 0.183. The van der Waals surface area contributed by atoms with Crippen molar-refractivity contribution in [2.75, 3.05) is 19.0 Å². The highest BCUT2D eigenvalue weighted by molar-refractivity contribution is 5.88. The summed E-state index contributed by atoms with van der Waals surface area (Å²) in [6.45, 7) is 7.31. The van der Waals surface area contributed by atoms with E-state index in [2.05, 4.69) is 34.6 Å². The molecule has 0 bridgehead atoms. The Hall–Kier alpha value is -2.41. The van der Waals surface area contributed by atoms with E-state index in [9.17, 15) is 4.79 Å². The second-order valence-corrected chi connectivity index (χ2v) is 5.98. The largest absolute Gasteiger partial charge is 0.383 e. The number of aryl methyl sites for hydroxylation is 1. The lowest BCUT2D eigenvalue weighted by atomic mass is 9.97. The molecule has 2 aromatic heterocycles. The summed E-state index contributed by atoms with van der Waals surface area (Å²) < 4.78 is 6.73. The van der Waals surface area contributed by atoms with Crippen LogP contribution in [0.3, 0.4) is 0 Å². The Morgan fingerprint density at radius 2 is 2.17 bits per heavy atom. The number of carbonyl (C=O) groups is 1. The first kappa shape index (κ1) is 17.9. The van der Waals surface area contributed by atoms with Gasteiger partial charge in [0.05, 0.1) is 24.9 Å². The van der Waals surface area contributed by atoms with Gasteiger partial charge in [-0.3, -0.25) is 15.0 Å². The van der Waals surface area contributed by atoms with E-state index in [4.69, 9.17) is 4.74 Å². The van der Waals surface area contributed by atoms with E-state index in [1.165, 1.54) is 0 Å². The molecule has 0 aliphatic rings. The molecule has 1 unspecified atom stereocenters. The van der Waals surface area contributed by atoms with Gasteiger partial charge in [-0.2, -0.15) is 5.10 Å². The van der Waals surface area contributed by atoms with Crippen LogP contribution in [0.2, 0.25) is 0 Å². The molecule has 1 atom stereocenters. The van der Waals surface area contributed by atoms with E-state index in [1.54, 1.807) is 30.3 Å². The van der Waals surface area contributed by atoms with Gasteiger partial charge in [-0.05, 0) is 24.5 Å². The molecule has 0 saturated carbocycles. The molecule has 24 heavy (non-hydrogen) atoms. The highest BCUT2D eigenvalue weighted by Crippen LogP contribution is 2.22. The Balaban J connectivity index is 2.01. The van der Waals surface area contributed by atoms with Crippen LogP contribution in [-0.4, -0.2) is 34.5 Å². The summed E-state index contributed by atoms with van der Waals surface area (Å²) in [6.07, 6.45) is 3.55. The highest BCUT2D eigenvalue weighted by atomic mass is 16.5. The zero-order valence-corrected chi connectivity index (χ0v) is 14.6. The van der Waals surface area contributed by atoms with Crippen molar-refractivity contribution in [1.29, 1.82) is 0 Å². The summed E-state index contributed by atoms with van der Waals surface area (Å²) in [4.78, 5) is 16.7. The van der Waals surface area contributed by atoms with Crippen molar-refractivity contribution in [1.82, 2.24) is 20.1 Å². The van der Waals surface area contributed by atoms with Crippen LogP contribution in [0, 0.1) is 12.8 Å². The third-order valence-electron chi connectivity index (χ3n) is 3.70. The van der Waals surface area contributed by atoms with Crippen molar-refractivity contribution in [3.8, 4) is 0 Å². The van der Waals surface area contributed by atoms with Crippen LogP contribution < -0.4 is 10.6 Å². The number of pyridine rings is 1. The summed E-state index contributed by atoms with van der Waals surface area (Å²) in [5.41, 5.74) is 1.94. The van der Waals surface area contributed by atoms with E-state index >= 15 is 0 Å². The number of amides is 2. The quantitative estimate of drug-likeness (QED) is 0.817. The van der Waals surface area contributed by atoms with Crippen molar-refractivity contribution in [2.45, 2.75) is 33.4 Å². The lowest BCUT2D eigenvalue weighted by Gasteiger charge is -2.23. The molecule has 0 saturated heterocycles. The average Bonchev–Trinajstić information content (AvgIpc) is 2.98. The number of hydrogen-bond acceptors (Lipinski definition) is 4. The Labute approximate surface area is 142 Å². The van der Waals surface area contributed by atoms with Crippen molar-refractivity contribution in [2.24, 2.45) is 5.92 Å². The number of carbonyl (C=O) groups excluding carboxylic acids is 1. The molecule has 0 aliphatic heterocycles. The van der Waals surface area contributed by atoms with Gasteiger partial charge in [-0.1, -0.05) is 19.9 Å². The summed E-state index contributed by atoms with van der Waals surface area (Å²) in [5, 5.41) is 10.0. The maximum atomic E-state index is 12.3. The minimum Gasteiger partial charge on any atom is -0.383 e. The number of methoxy groups -OCH3 is 1. The van der Waals surface area contributed by atoms with E-state index < -0.39 is 0 Å². The lowest BCUT2D eigenvalue weighted by Crippen LogP contribution is -2.36. The molecule has 2 N–H and O–H groups in total. The molecule has 7 heteroatoms. The number of ether oxygens (including phenoxy) is 1. The summed E-state index contributed by atoms with van der Waals surface area (Å²) >= 11 is 0. The van der Waals surface area contributed by atoms with Gasteiger partial charge in [0.1, 0.15) is 0 Å². The number of aromatic nitrogens is 3. The van der Waals surface area contributed by atoms with Gasteiger partial charge in [0.15, 0.2) is 5.82 Å². The molecule has 2 heterocycles. The van der Waals surface area contributed by atoms with Crippen molar-refractivity contribution >= 4 is 11.8 Å². The zero-order chi connectivity index (χ0) is 17.5. The number of urea groups is 1. The molecule has 0 spiro atoms. The second kappa shape index (κ2) is 8.44. The van der Waals surface area contributed by atoms with Crippen molar-refractivity contribution in [3.63, 3.8) is 0 Å². The van der Waals surface area contributed by atoms with Gasteiger partial charge in [0.25, 0.3) is 0 Å². The van der Waals surface area contributed by atoms with Crippen LogP contribution in [0.4, 0.5) is 10.6 Å². The van der Waals surface area contributed by atoms with Crippen molar-refractivity contribution in [3.05, 3.63) is 41.9 Å². The number of anilines is 1. The minimum atomic E-state index is -0.296. The van der Waals surface area contributed by atoms with Gasteiger partial charge in [-0.15, -0.1) is 0 Å². The fraction of sp³-hybridized carbons (Fsp3) is 0.471. The van der Waals surface area contributed by atoms with Crippen LogP contribution in [0.5, 0.6) is 0 Å².